The van der Waals surface area contributed by atoms with Crippen molar-refractivity contribution in [2.24, 2.45) is 5.10 Å². The van der Waals surface area contributed by atoms with E-state index < -0.39 is 10.8 Å². The number of ether oxygens (including phenoxy) is 1. The average Bonchev–Trinajstić information content (AvgIpc) is 2.87. The SMILES string of the molecule is COCCn1c(C)cc(/C=N/NC(=O)Cc2ccccc2[N+](=O)[O-])c1C. The standard InChI is InChI=1S/C18H22N4O4/c1-13-10-16(14(2)21(13)8-9-26-3)12-19-20-18(23)11-15-6-4-5-7-17(15)22(24)25/h4-7,10,12H,8-9,11H2,1-3H3,(H,20,23)/b19-12+. The average molecular weight is 358 g/mol. The maximum Gasteiger partial charge on any atom is 0.273 e. The van der Waals surface area contributed by atoms with Crippen LogP contribution >= 0.6 is 0 Å². The molecule has 1 heterocycles. The number of aromatic nitrogens is 1. The van der Waals surface area contributed by atoms with Crippen LogP contribution in [-0.4, -0.2) is 35.3 Å². The highest BCUT2D eigenvalue weighted by Gasteiger charge is 2.15. The predicted molar refractivity (Wildman–Crippen MR) is 98.3 cm³/mol. The van der Waals surface area contributed by atoms with Crippen LogP contribution in [0, 0.1) is 24.0 Å². The Morgan fingerprint density at radius 1 is 1.38 bits per heavy atom. The van der Waals surface area contributed by atoms with E-state index in [2.05, 4.69) is 15.1 Å². The number of hydrazone groups is 1. The summed E-state index contributed by atoms with van der Waals surface area (Å²) in [5.41, 5.74) is 5.69. The van der Waals surface area contributed by atoms with E-state index in [0.29, 0.717) is 12.2 Å². The van der Waals surface area contributed by atoms with Crippen LogP contribution in [0.5, 0.6) is 0 Å². The second-order valence-corrected chi connectivity index (χ2v) is 5.83. The molecule has 1 aromatic carbocycles. The fourth-order valence-corrected chi connectivity index (χ4v) is 2.71. The van der Waals surface area contributed by atoms with Crippen LogP contribution in [0.15, 0.2) is 35.4 Å². The number of carbonyl (C=O) groups is 1. The van der Waals surface area contributed by atoms with E-state index in [1.165, 1.54) is 6.07 Å². The Labute approximate surface area is 151 Å². The highest BCUT2D eigenvalue weighted by molar-refractivity contribution is 5.84. The Hall–Kier alpha value is -3.00. The summed E-state index contributed by atoms with van der Waals surface area (Å²) in [6, 6.07) is 8.14. The highest BCUT2D eigenvalue weighted by Crippen LogP contribution is 2.18. The van der Waals surface area contributed by atoms with Gasteiger partial charge in [-0.1, -0.05) is 18.2 Å². The van der Waals surface area contributed by atoms with E-state index in [4.69, 9.17) is 4.74 Å². The molecular formula is C18H22N4O4. The van der Waals surface area contributed by atoms with Crippen molar-refractivity contribution in [2.45, 2.75) is 26.8 Å². The number of nitro groups is 1. The predicted octanol–water partition coefficient (Wildman–Crippen LogP) is 2.35. The van der Waals surface area contributed by atoms with Gasteiger partial charge in [-0.3, -0.25) is 14.9 Å². The molecule has 2 rings (SSSR count). The van der Waals surface area contributed by atoms with Gasteiger partial charge in [0, 0.05) is 42.2 Å². The number of rotatable bonds is 8. The Morgan fingerprint density at radius 3 is 2.81 bits per heavy atom. The molecule has 1 N–H and O–H groups in total. The van der Waals surface area contributed by atoms with Crippen LogP contribution in [0.1, 0.15) is 22.5 Å². The van der Waals surface area contributed by atoms with Gasteiger partial charge in [0.05, 0.1) is 24.2 Å². The lowest BCUT2D eigenvalue weighted by Gasteiger charge is -2.08. The lowest BCUT2D eigenvalue weighted by atomic mass is 10.1. The van der Waals surface area contributed by atoms with Crippen LogP contribution in [-0.2, 0) is 22.5 Å². The van der Waals surface area contributed by atoms with Crippen molar-refractivity contribution < 1.29 is 14.5 Å². The van der Waals surface area contributed by atoms with E-state index in [-0.39, 0.29) is 12.1 Å². The lowest BCUT2D eigenvalue weighted by Crippen LogP contribution is -2.20. The molecule has 0 aliphatic heterocycles. The monoisotopic (exact) mass is 358 g/mol. The van der Waals surface area contributed by atoms with Crippen molar-refractivity contribution in [1.29, 1.82) is 0 Å². The van der Waals surface area contributed by atoms with Crippen LogP contribution in [0.4, 0.5) is 5.69 Å². The van der Waals surface area contributed by atoms with Crippen molar-refractivity contribution in [3.63, 3.8) is 0 Å². The van der Waals surface area contributed by atoms with Gasteiger partial charge in [0.15, 0.2) is 0 Å². The lowest BCUT2D eigenvalue weighted by molar-refractivity contribution is -0.385. The maximum absolute atomic E-state index is 12.0. The summed E-state index contributed by atoms with van der Waals surface area (Å²) >= 11 is 0. The molecule has 0 aliphatic carbocycles. The molecule has 138 valence electrons. The Morgan fingerprint density at radius 2 is 2.12 bits per heavy atom. The minimum Gasteiger partial charge on any atom is -0.383 e. The van der Waals surface area contributed by atoms with Gasteiger partial charge in [0.2, 0.25) is 5.91 Å². The molecule has 26 heavy (non-hydrogen) atoms. The fourth-order valence-electron chi connectivity index (χ4n) is 2.71. The van der Waals surface area contributed by atoms with Gasteiger partial charge in [-0.2, -0.15) is 5.10 Å². The Balaban J connectivity index is 2.01. The molecule has 0 radical (unpaired) electrons. The first-order valence-corrected chi connectivity index (χ1v) is 8.14. The quantitative estimate of drug-likeness (QED) is 0.445. The summed E-state index contributed by atoms with van der Waals surface area (Å²) < 4.78 is 7.21. The number of hydrogen-bond acceptors (Lipinski definition) is 5. The highest BCUT2D eigenvalue weighted by atomic mass is 16.6. The molecule has 0 fully saturated rings. The largest absolute Gasteiger partial charge is 0.383 e. The van der Waals surface area contributed by atoms with Crippen molar-refractivity contribution in [2.75, 3.05) is 13.7 Å². The summed E-state index contributed by atoms with van der Waals surface area (Å²) in [7, 11) is 1.66. The van der Waals surface area contributed by atoms with Gasteiger partial charge in [-0.05, 0) is 19.9 Å². The van der Waals surface area contributed by atoms with Crippen LogP contribution in [0.25, 0.3) is 0 Å². The van der Waals surface area contributed by atoms with Gasteiger partial charge in [-0.15, -0.1) is 0 Å². The van der Waals surface area contributed by atoms with Gasteiger partial charge in [0.25, 0.3) is 5.69 Å². The third kappa shape index (κ3) is 4.76. The summed E-state index contributed by atoms with van der Waals surface area (Å²) in [6.07, 6.45) is 1.46. The number of aryl methyl sites for hydroxylation is 1. The maximum atomic E-state index is 12.0. The molecule has 8 heteroatoms. The van der Waals surface area contributed by atoms with Gasteiger partial charge in [0.1, 0.15) is 0 Å². The normalized spacial score (nSPS) is 11.0. The molecule has 0 saturated carbocycles. The minimum absolute atomic E-state index is 0.0756. The molecule has 0 bridgehead atoms. The van der Waals surface area contributed by atoms with Crippen molar-refractivity contribution >= 4 is 17.8 Å². The molecule has 0 atom stereocenters. The number of nitrogens with one attached hydrogen (secondary N) is 1. The number of carbonyl (C=O) groups excluding carboxylic acids is 1. The topological polar surface area (TPSA) is 98.8 Å². The molecule has 1 amide bonds. The zero-order valence-corrected chi connectivity index (χ0v) is 15.1. The van der Waals surface area contributed by atoms with Crippen molar-refractivity contribution in [3.05, 3.63) is 63.0 Å². The van der Waals surface area contributed by atoms with E-state index >= 15 is 0 Å². The number of nitro benzene ring substituents is 1. The van der Waals surface area contributed by atoms with Crippen LogP contribution in [0.2, 0.25) is 0 Å². The number of benzene rings is 1. The Kier molecular flexibility index (Phi) is 6.62. The molecule has 1 aromatic heterocycles. The van der Waals surface area contributed by atoms with E-state index in [0.717, 1.165) is 23.5 Å². The fraction of sp³-hybridized carbons (Fsp3) is 0.333. The summed E-state index contributed by atoms with van der Waals surface area (Å²) in [5.74, 6) is -0.413. The first-order valence-electron chi connectivity index (χ1n) is 8.14. The molecule has 2 aromatic rings. The Bertz CT molecular complexity index is 827. The van der Waals surface area contributed by atoms with E-state index in [9.17, 15) is 14.9 Å². The van der Waals surface area contributed by atoms with Gasteiger partial charge in [-0.25, -0.2) is 5.43 Å². The zero-order valence-electron chi connectivity index (χ0n) is 15.1. The third-order valence-corrected chi connectivity index (χ3v) is 4.06. The minimum atomic E-state index is -0.499. The van der Waals surface area contributed by atoms with Crippen molar-refractivity contribution in [3.8, 4) is 0 Å². The second-order valence-electron chi connectivity index (χ2n) is 5.83. The smallest absolute Gasteiger partial charge is 0.273 e. The number of amides is 1. The first-order chi connectivity index (χ1) is 12.4. The molecule has 0 spiro atoms. The third-order valence-electron chi connectivity index (χ3n) is 4.06. The molecule has 0 aliphatic rings. The molecule has 0 saturated heterocycles. The van der Waals surface area contributed by atoms with Crippen LogP contribution < -0.4 is 5.43 Å². The molecular weight excluding hydrogens is 336 g/mol. The zero-order chi connectivity index (χ0) is 19.1. The van der Waals surface area contributed by atoms with Gasteiger partial charge >= 0.3 is 0 Å². The van der Waals surface area contributed by atoms with E-state index in [1.54, 1.807) is 31.5 Å². The second kappa shape index (κ2) is 8.91. The number of methoxy groups -OCH3 is 1. The molecule has 8 nitrogen and oxygen atoms in total. The van der Waals surface area contributed by atoms with Crippen molar-refractivity contribution in [1.82, 2.24) is 9.99 Å². The van der Waals surface area contributed by atoms with Gasteiger partial charge < -0.3 is 9.30 Å². The number of para-hydroxylation sites is 1. The number of hydrogen-bond donors (Lipinski definition) is 1. The first kappa shape index (κ1) is 19.3. The summed E-state index contributed by atoms with van der Waals surface area (Å²) in [4.78, 5) is 22.5. The summed E-state index contributed by atoms with van der Waals surface area (Å²) in [6.45, 7) is 5.32. The summed E-state index contributed by atoms with van der Waals surface area (Å²) in [5, 5.41) is 15.0. The van der Waals surface area contributed by atoms with E-state index in [1.807, 2.05) is 19.9 Å². The molecule has 0 unspecified atom stereocenters. The number of nitrogens with zero attached hydrogens (tertiary/aromatic N) is 3. The van der Waals surface area contributed by atoms with Crippen LogP contribution in [0.3, 0.4) is 0 Å².